The van der Waals surface area contributed by atoms with Crippen LogP contribution in [-0.2, 0) is 19.3 Å². The van der Waals surface area contributed by atoms with Crippen molar-refractivity contribution in [3.05, 3.63) is 102 Å². The molecule has 0 fully saturated rings. The first-order valence-electron chi connectivity index (χ1n) is 9.41. The number of halogens is 2. The quantitative estimate of drug-likeness (QED) is 0.267. The first-order chi connectivity index (χ1) is 13.2. The average Bonchev–Trinajstić information content (AvgIpc) is 2.72. The predicted octanol–water partition coefficient (Wildman–Crippen LogP) is 7.01. The van der Waals surface area contributed by atoms with Gasteiger partial charge in [0.15, 0.2) is 0 Å². The van der Waals surface area contributed by atoms with Crippen molar-refractivity contribution < 1.29 is 39.9 Å². The van der Waals surface area contributed by atoms with E-state index >= 15 is 0 Å². The molecule has 0 nitrogen and oxygen atoms in total. The Labute approximate surface area is 191 Å². The van der Waals surface area contributed by atoms with Gasteiger partial charge in [0.2, 0.25) is 0 Å². The van der Waals surface area contributed by atoms with Gasteiger partial charge in [-0.1, -0.05) is 67.4 Å². The molecule has 0 aliphatic rings. The summed E-state index contributed by atoms with van der Waals surface area (Å²) in [6, 6.07) is 21.6. The molecular weight excluding hydrogens is 576 g/mol. The third kappa shape index (κ3) is 6.87. The van der Waals surface area contributed by atoms with E-state index in [1.54, 1.807) is 13.0 Å². The molecule has 3 rings (SSSR count). The summed E-state index contributed by atoms with van der Waals surface area (Å²) in [5.41, 5.74) is 4.83. The van der Waals surface area contributed by atoms with Crippen molar-refractivity contribution in [3.8, 4) is 11.1 Å². The second-order valence-electron chi connectivity index (χ2n) is 6.28. The van der Waals surface area contributed by atoms with Crippen LogP contribution in [0.2, 0.25) is 0 Å². The van der Waals surface area contributed by atoms with Gasteiger partial charge in [-0.15, -0.1) is 6.07 Å². The molecule has 0 spiro atoms. The monoisotopic (exact) mass is 602 g/mol. The molecule has 144 valence electrons. The maximum absolute atomic E-state index is 13.8. The first-order valence-corrected chi connectivity index (χ1v) is 9.41. The molecule has 0 bridgehead atoms. The fourth-order valence-electron chi connectivity index (χ4n) is 2.98. The summed E-state index contributed by atoms with van der Waals surface area (Å²) in [5.74, 6) is -1.78. The Kier molecular flexibility index (Phi) is 11.4. The van der Waals surface area contributed by atoms with Gasteiger partial charge < -0.3 is 6.92 Å². The molecule has 0 amide bonds. The molecule has 28 heavy (non-hydrogen) atoms. The molecule has 3 aromatic rings. The molecule has 0 heterocycles. The Morgan fingerprint density at radius 1 is 0.750 bits per heavy atom. The Balaban J connectivity index is 0.00000127. The summed E-state index contributed by atoms with van der Waals surface area (Å²) in [6.07, 6.45) is 4.17. The van der Waals surface area contributed by atoms with Crippen LogP contribution in [0.1, 0.15) is 37.0 Å². The van der Waals surface area contributed by atoms with Crippen LogP contribution in [-0.4, -0.2) is 0 Å². The number of aryl methyl sites for hydroxylation is 3. The van der Waals surface area contributed by atoms with E-state index in [1.807, 2.05) is 24.3 Å². The van der Waals surface area contributed by atoms with Crippen LogP contribution in [0.25, 0.3) is 11.1 Å². The van der Waals surface area contributed by atoms with E-state index in [2.05, 4.69) is 44.2 Å². The van der Waals surface area contributed by atoms with E-state index in [0.29, 0.717) is 5.56 Å². The summed E-state index contributed by atoms with van der Waals surface area (Å²) in [5, 5.41) is 0. The normalized spacial score (nSPS) is 9.89. The summed E-state index contributed by atoms with van der Waals surface area (Å²) < 4.78 is 27.1. The van der Waals surface area contributed by atoms with Crippen LogP contribution in [0.3, 0.4) is 0 Å². The smallest absolute Gasteiger partial charge is 0.346 e. The van der Waals surface area contributed by atoms with Crippen molar-refractivity contribution in [2.45, 2.75) is 39.5 Å². The zero-order valence-electron chi connectivity index (χ0n) is 16.6. The Morgan fingerprint density at radius 2 is 1.21 bits per heavy atom. The number of hydrogen-bond donors (Lipinski definition) is 0. The van der Waals surface area contributed by atoms with Crippen molar-refractivity contribution >= 4 is 0 Å². The maximum atomic E-state index is 13.8. The maximum Gasteiger partial charge on any atom is 2.00 e. The van der Waals surface area contributed by atoms with Crippen molar-refractivity contribution in [1.29, 1.82) is 0 Å². The van der Waals surface area contributed by atoms with Crippen molar-refractivity contribution in [3.63, 3.8) is 0 Å². The van der Waals surface area contributed by atoms with Crippen LogP contribution in [0.15, 0.2) is 60.7 Å². The van der Waals surface area contributed by atoms with Crippen LogP contribution in [0, 0.1) is 55.7 Å². The van der Waals surface area contributed by atoms with Crippen molar-refractivity contribution in [1.82, 2.24) is 0 Å². The third-order valence-electron chi connectivity index (χ3n) is 4.42. The Hall–Kier alpha value is -1.43. The van der Waals surface area contributed by atoms with E-state index in [-0.39, 0.29) is 36.7 Å². The van der Waals surface area contributed by atoms with Gasteiger partial charge in [-0.2, -0.15) is 19.1 Å². The predicted molar refractivity (Wildman–Crippen MR) is 110 cm³/mol. The van der Waals surface area contributed by atoms with Gasteiger partial charge in [0.1, 0.15) is 0 Å². The van der Waals surface area contributed by atoms with Crippen molar-refractivity contribution in [2.75, 3.05) is 0 Å². The molecule has 0 aliphatic heterocycles. The standard InChI is InChI=1S/C23H21F2.C2H5.U/c1-2-4-17-7-9-18(10-8-17)11-12-19-13-15-20(16-14-19)21-5-3-6-22(24)23(21)25;1-2;/h3,5,7-10,13-16H,2,4,11-12H2,1H3;1H2,2H3;/q2*-1;+2. The van der Waals surface area contributed by atoms with E-state index < -0.39 is 11.6 Å². The third-order valence-corrected chi connectivity index (χ3v) is 4.42. The fraction of sp³-hybridized carbons (Fsp3) is 0.240. The minimum absolute atomic E-state index is 0. The van der Waals surface area contributed by atoms with Gasteiger partial charge in [-0.05, 0) is 41.5 Å². The van der Waals surface area contributed by atoms with Gasteiger partial charge in [0.25, 0.3) is 0 Å². The molecule has 0 radical (unpaired) electrons. The Morgan fingerprint density at radius 3 is 1.71 bits per heavy atom. The second-order valence-corrected chi connectivity index (χ2v) is 6.28. The molecule has 0 aromatic heterocycles. The molecule has 0 atom stereocenters. The van der Waals surface area contributed by atoms with E-state index in [9.17, 15) is 8.78 Å². The van der Waals surface area contributed by atoms with Gasteiger partial charge in [0.05, 0.1) is 5.82 Å². The van der Waals surface area contributed by atoms with Gasteiger partial charge >= 0.3 is 31.1 Å². The molecule has 0 saturated heterocycles. The fourth-order valence-corrected chi connectivity index (χ4v) is 2.98. The second kappa shape index (κ2) is 12.9. The molecule has 0 unspecified atom stereocenters. The summed E-state index contributed by atoms with van der Waals surface area (Å²) in [6.45, 7) is 7.19. The minimum Gasteiger partial charge on any atom is -0.346 e. The summed E-state index contributed by atoms with van der Waals surface area (Å²) in [7, 11) is 0. The zero-order chi connectivity index (χ0) is 19.6. The topological polar surface area (TPSA) is 0 Å². The molecule has 0 saturated carbocycles. The minimum atomic E-state index is -0.937. The Bertz CT molecular complexity index is 824. The molecule has 3 aromatic carbocycles. The number of benzene rings is 3. The number of rotatable bonds is 6. The van der Waals surface area contributed by atoms with Crippen LogP contribution >= 0.6 is 0 Å². The van der Waals surface area contributed by atoms with Gasteiger partial charge in [0, 0.05) is 5.82 Å². The van der Waals surface area contributed by atoms with Crippen LogP contribution in [0.4, 0.5) is 8.78 Å². The molecule has 0 aliphatic carbocycles. The SMILES string of the molecule is CCCc1ccc(CCc2ccc(-c3cc[c-]c(F)c3F)cc2)cc1.[CH2-]C.[U+2]. The summed E-state index contributed by atoms with van der Waals surface area (Å²) >= 11 is 0. The van der Waals surface area contributed by atoms with E-state index in [0.717, 1.165) is 25.7 Å². The van der Waals surface area contributed by atoms with Crippen LogP contribution in [0.5, 0.6) is 0 Å². The van der Waals surface area contributed by atoms with Gasteiger partial charge in [-0.3, -0.25) is 4.39 Å². The van der Waals surface area contributed by atoms with Crippen molar-refractivity contribution in [2.24, 2.45) is 0 Å². The average molecular weight is 603 g/mol. The largest absolute Gasteiger partial charge is 2.00 e. The van der Waals surface area contributed by atoms with E-state index in [4.69, 9.17) is 0 Å². The molecular formula is C25H26F2U. The summed E-state index contributed by atoms with van der Waals surface area (Å²) in [4.78, 5) is 0. The van der Waals surface area contributed by atoms with Crippen LogP contribution < -0.4 is 0 Å². The zero-order valence-corrected chi connectivity index (χ0v) is 20.7. The van der Waals surface area contributed by atoms with E-state index in [1.165, 1.54) is 22.8 Å². The van der Waals surface area contributed by atoms with Gasteiger partial charge in [-0.25, -0.2) is 4.39 Å². The first kappa shape index (κ1) is 24.6. The molecule has 3 heteroatoms. The molecule has 0 N–H and O–H groups in total. The number of hydrogen-bond acceptors (Lipinski definition) is 0.